The Balaban J connectivity index is 1.43. The van der Waals surface area contributed by atoms with E-state index in [-0.39, 0.29) is 11.9 Å². The van der Waals surface area contributed by atoms with Crippen molar-refractivity contribution in [3.05, 3.63) is 46.2 Å². The summed E-state index contributed by atoms with van der Waals surface area (Å²) < 4.78 is 0. The average Bonchev–Trinajstić information content (AvgIpc) is 3.01. The van der Waals surface area contributed by atoms with Crippen molar-refractivity contribution in [2.45, 2.75) is 44.9 Å². The van der Waals surface area contributed by atoms with Gasteiger partial charge in [-0.2, -0.15) is 0 Å². The van der Waals surface area contributed by atoms with Gasteiger partial charge in [0, 0.05) is 43.3 Å². The molecule has 1 amide bonds. The summed E-state index contributed by atoms with van der Waals surface area (Å²) in [6, 6.07) is 3.79. The van der Waals surface area contributed by atoms with Gasteiger partial charge in [0.15, 0.2) is 0 Å². The maximum Gasteiger partial charge on any atom is 0.220 e. The van der Waals surface area contributed by atoms with Crippen molar-refractivity contribution in [1.29, 1.82) is 0 Å². The number of piperidine rings is 1. The van der Waals surface area contributed by atoms with Gasteiger partial charge < -0.3 is 10.4 Å². The van der Waals surface area contributed by atoms with Crippen molar-refractivity contribution in [3.8, 4) is 0 Å². The zero-order valence-electron chi connectivity index (χ0n) is 14.4. The molecule has 3 heterocycles. The molecule has 134 valence electrons. The predicted octanol–water partition coefficient (Wildman–Crippen LogP) is 1.53. The van der Waals surface area contributed by atoms with Crippen molar-refractivity contribution < 1.29 is 9.90 Å². The van der Waals surface area contributed by atoms with Crippen LogP contribution in [0.2, 0.25) is 0 Å². The Morgan fingerprint density at radius 3 is 3.08 bits per heavy atom. The normalized spacial score (nSPS) is 21.2. The number of aromatic nitrogens is 2. The molecule has 3 rings (SSSR count). The lowest BCUT2D eigenvalue weighted by atomic mass is 10.0. The lowest BCUT2D eigenvalue weighted by Crippen LogP contribution is -2.53. The zero-order valence-corrected chi connectivity index (χ0v) is 15.2. The molecule has 2 atom stereocenters. The molecule has 2 aromatic rings. The Kier molecular flexibility index (Phi) is 6.12. The second kappa shape index (κ2) is 8.51. The van der Waals surface area contributed by atoms with Crippen molar-refractivity contribution in [1.82, 2.24) is 20.2 Å². The lowest BCUT2D eigenvalue weighted by molar-refractivity contribution is -0.123. The van der Waals surface area contributed by atoms with Gasteiger partial charge in [-0.05, 0) is 31.4 Å². The fourth-order valence-electron chi connectivity index (χ4n) is 3.13. The number of hydrogen-bond acceptors (Lipinski definition) is 6. The third-order valence-electron chi connectivity index (χ3n) is 4.57. The van der Waals surface area contributed by atoms with Crippen LogP contribution in [0.15, 0.2) is 30.0 Å². The van der Waals surface area contributed by atoms with Gasteiger partial charge in [-0.15, -0.1) is 11.3 Å². The molecule has 0 radical (unpaired) electrons. The van der Waals surface area contributed by atoms with Gasteiger partial charge in [0.25, 0.3) is 0 Å². The van der Waals surface area contributed by atoms with Gasteiger partial charge >= 0.3 is 0 Å². The molecule has 25 heavy (non-hydrogen) atoms. The van der Waals surface area contributed by atoms with E-state index in [4.69, 9.17) is 0 Å². The third-order valence-corrected chi connectivity index (χ3v) is 5.56. The van der Waals surface area contributed by atoms with Gasteiger partial charge in [0.2, 0.25) is 5.91 Å². The molecule has 1 saturated heterocycles. The van der Waals surface area contributed by atoms with Crippen LogP contribution < -0.4 is 5.32 Å². The fraction of sp³-hybridized carbons (Fsp3) is 0.500. The molecule has 0 bridgehead atoms. The van der Waals surface area contributed by atoms with Gasteiger partial charge in [-0.3, -0.25) is 14.7 Å². The first-order valence-electron chi connectivity index (χ1n) is 8.59. The van der Waals surface area contributed by atoms with E-state index in [1.807, 2.05) is 30.8 Å². The fourth-order valence-corrected chi connectivity index (χ4v) is 3.91. The first-order chi connectivity index (χ1) is 12.1. The molecule has 0 saturated carbocycles. The average molecular weight is 360 g/mol. The lowest BCUT2D eigenvalue weighted by Gasteiger charge is -2.36. The number of carbonyl (C=O) groups excluding carboxylic acids is 1. The molecule has 7 heteroatoms. The largest absolute Gasteiger partial charge is 0.390 e. The van der Waals surface area contributed by atoms with Crippen molar-refractivity contribution in [2.75, 3.05) is 13.1 Å². The van der Waals surface area contributed by atoms with Crippen LogP contribution in [0.4, 0.5) is 0 Å². The van der Waals surface area contributed by atoms with Crippen LogP contribution in [0.25, 0.3) is 0 Å². The Morgan fingerprint density at radius 2 is 2.40 bits per heavy atom. The highest BCUT2D eigenvalue weighted by atomic mass is 32.1. The van der Waals surface area contributed by atoms with Crippen molar-refractivity contribution in [2.24, 2.45) is 0 Å². The number of aliphatic hydroxyl groups excluding tert-OH is 1. The maximum atomic E-state index is 12.2. The second-order valence-electron chi connectivity index (χ2n) is 6.49. The summed E-state index contributed by atoms with van der Waals surface area (Å²) in [4.78, 5) is 23.9. The molecule has 2 aromatic heterocycles. The summed E-state index contributed by atoms with van der Waals surface area (Å²) in [5, 5.41) is 13.4. The van der Waals surface area contributed by atoms with Crippen LogP contribution >= 0.6 is 11.3 Å². The highest BCUT2D eigenvalue weighted by Crippen LogP contribution is 2.16. The minimum atomic E-state index is -0.542. The number of aliphatic hydroxyl groups is 1. The summed E-state index contributed by atoms with van der Waals surface area (Å²) in [6.07, 6.45) is 4.96. The van der Waals surface area contributed by atoms with Crippen LogP contribution in [-0.4, -0.2) is 51.1 Å². The number of amides is 1. The van der Waals surface area contributed by atoms with Crippen LogP contribution in [0.3, 0.4) is 0 Å². The van der Waals surface area contributed by atoms with Crippen molar-refractivity contribution >= 4 is 17.2 Å². The van der Waals surface area contributed by atoms with E-state index in [1.54, 1.807) is 17.5 Å². The van der Waals surface area contributed by atoms with E-state index >= 15 is 0 Å². The number of thiazole rings is 1. The summed E-state index contributed by atoms with van der Waals surface area (Å²) in [5.41, 5.74) is 3.95. The molecule has 0 aromatic carbocycles. The molecule has 0 aliphatic carbocycles. The second-order valence-corrected chi connectivity index (χ2v) is 7.43. The number of aryl methyl sites for hydroxylation is 2. The van der Waals surface area contributed by atoms with Crippen LogP contribution in [0, 0.1) is 6.92 Å². The molecule has 2 N–H and O–H groups in total. The van der Waals surface area contributed by atoms with Gasteiger partial charge in [-0.1, -0.05) is 6.07 Å². The smallest absolute Gasteiger partial charge is 0.220 e. The Morgan fingerprint density at radius 1 is 1.52 bits per heavy atom. The SMILES string of the molecule is Cc1ncsc1CCC(=O)N[C@@H]1CCN(Cc2cccnc2)C[C@H]1O. The topological polar surface area (TPSA) is 78.4 Å². The van der Waals surface area contributed by atoms with Crippen LogP contribution in [-0.2, 0) is 17.8 Å². The minimum Gasteiger partial charge on any atom is -0.390 e. The molecule has 0 spiro atoms. The molecule has 1 fully saturated rings. The third kappa shape index (κ3) is 5.07. The first kappa shape index (κ1) is 18.0. The summed E-state index contributed by atoms with van der Waals surface area (Å²) in [7, 11) is 0. The van der Waals surface area contributed by atoms with Crippen LogP contribution in [0.1, 0.15) is 29.0 Å². The molecule has 0 unspecified atom stereocenters. The highest BCUT2D eigenvalue weighted by Gasteiger charge is 2.28. The quantitative estimate of drug-likeness (QED) is 0.817. The molecular formula is C18H24N4O2S. The number of nitrogens with zero attached hydrogens (tertiary/aromatic N) is 3. The number of nitrogens with one attached hydrogen (secondary N) is 1. The van der Waals surface area contributed by atoms with Crippen LogP contribution in [0.5, 0.6) is 0 Å². The van der Waals surface area contributed by atoms with E-state index in [1.165, 1.54) is 0 Å². The minimum absolute atomic E-state index is 0.00226. The van der Waals surface area contributed by atoms with E-state index < -0.39 is 6.10 Å². The van der Waals surface area contributed by atoms with Crippen molar-refractivity contribution in [3.63, 3.8) is 0 Å². The molecular weight excluding hydrogens is 336 g/mol. The summed E-state index contributed by atoms with van der Waals surface area (Å²) in [5.74, 6) is -0.00226. The number of likely N-dealkylation sites (tertiary alicyclic amines) is 1. The van der Waals surface area contributed by atoms with Gasteiger partial charge in [0.1, 0.15) is 0 Å². The Bertz CT molecular complexity index is 691. The molecule has 6 nitrogen and oxygen atoms in total. The van der Waals surface area contributed by atoms with E-state index in [9.17, 15) is 9.90 Å². The zero-order chi connectivity index (χ0) is 17.6. The standard InChI is InChI=1S/C18H24N4O2S/c1-13-17(25-12-20-13)4-5-18(24)21-15-6-8-22(11-16(15)23)10-14-3-2-7-19-9-14/h2-3,7,9,12,15-16,23H,4-6,8,10-11H2,1H3,(H,21,24)/t15-,16-/m1/s1. The highest BCUT2D eigenvalue weighted by molar-refractivity contribution is 7.09. The van der Waals surface area contributed by atoms with Gasteiger partial charge in [-0.25, -0.2) is 4.98 Å². The maximum absolute atomic E-state index is 12.2. The number of pyridine rings is 1. The van der Waals surface area contributed by atoms with Gasteiger partial charge in [0.05, 0.1) is 23.4 Å². The van der Waals surface area contributed by atoms with E-state index in [2.05, 4.69) is 20.2 Å². The number of β-amino-alcohol motifs (C(OH)–C–C–N with tert-alkyl or cyclic N) is 1. The van der Waals surface area contributed by atoms with E-state index in [0.29, 0.717) is 19.4 Å². The predicted molar refractivity (Wildman–Crippen MR) is 97.2 cm³/mol. The molecule has 1 aliphatic heterocycles. The summed E-state index contributed by atoms with van der Waals surface area (Å²) in [6.45, 7) is 4.15. The van der Waals surface area contributed by atoms with E-state index in [0.717, 1.165) is 35.6 Å². The number of carbonyl (C=O) groups is 1. The first-order valence-corrected chi connectivity index (χ1v) is 9.47. The summed E-state index contributed by atoms with van der Waals surface area (Å²) >= 11 is 1.59. The Labute approximate surface area is 151 Å². The monoisotopic (exact) mass is 360 g/mol. The Hall–Kier alpha value is -1.83. The molecule has 1 aliphatic rings. The number of hydrogen-bond donors (Lipinski definition) is 2. The number of rotatable bonds is 6.